The lowest BCUT2D eigenvalue weighted by Gasteiger charge is -2.03. The normalized spacial score (nSPS) is 10.0. The van der Waals surface area contributed by atoms with E-state index in [0.717, 1.165) is 0 Å². The molecule has 0 radical (unpaired) electrons. The van der Waals surface area contributed by atoms with Crippen molar-refractivity contribution in [3.63, 3.8) is 0 Å². The predicted octanol–water partition coefficient (Wildman–Crippen LogP) is 2.09. The third-order valence-electron chi connectivity index (χ3n) is 2.35. The van der Waals surface area contributed by atoms with Crippen molar-refractivity contribution in [3.05, 3.63) is 59.9 Å². The fraction of sp³-hybridized carbons (Fsp3) is 0.0769. The molecule has 1 heterocycles. The summed E-state index contributed by atoms with van der Waals surface area (Å²) in [5, 5.41) is 0. The zero-order valence-corrected chi connectivity index (χ0v) is 8.76. The molecule has 1 aromatic heterocycles. The van der Waals surface area contributed by atoms with Gasteiger partial charge >= 0.3 is 0 Å². The van der Waals surface area contributed by atoms with Gasteiger partial charge < -0.3 is 5.73 Å². The Morgan fingerprint density at radius 1 is 1.12 bits per heavy atom. The maximum absolute atomic E-state index is 11.9. The number of carbonyl (C=O) groups is 1. The Labute approximate surface area is 93.9 Å². The van der Waals surface area contributed by atoms with Gasteiger partial charge in [-0.2, -0.15) is 0 Å². The van der Waals surface area contributed by atoms with Crippen LogP contribution in [0, 0.1) is 0 Å². The summed E-state index contributed by atoms with van der Waals surface area (Å²) in [5.74, 6) is 0.0333. The molecule has 80 valence electrons. The van der Waals surface area contributed by atoms with E-state index in [2.05, 4.69) is 4.98 Å². The molecule has 0 fully saturated rings. The molecule has 0 bridgehead atoms. The molecule has 0 aliphatic heterocycles. The van der Waals surface area contributed by atoms with Gasteiger partial charge in [0.1, 0.15) is 0 Å². The number of carbonyl (C=O) groups excluding carboxylic acids is 1. The molecule has 16 heavy (non-hydrogen) atoms. The molecular formula is C13H12N2O. The summed E-state index contributed by atoms with van der Waals surface area (Å²) in [6, 6.07) is 12.7. The molecule has 3 heteroatoms. The first-order valence-corrected chi connectivity index (χ1v) is 5.05. The van der Waals surface area contributed by atoms with Crippen molar-refractivity contribution in [2.45, 2.75) is 6.42 Å². The number of aromatic nitrogens is 1. The summed E-state index contributed by atoms with van der Waals surface area (Å²) in [7, 11) is 0. The molecule has 0 atom stereocenters. The van der Waals surface area contributed by atoms with E-state index in [-0.39, 0.29) is 12.2 Å². The van der Waals surface area contributed by atoms with Gasteiger partial charge in [0.15, 0.2) is 5.78 Å². The van der Waals surface area contributed by atoms with Gasteiger partial charge in [-0.05, 0) is 12.1 Å². The van der Waals surface area contributed by atoms with Crippen LogP contribution in [-0.4, -0.2) is 10.8 Å². The van der Waals surface area contributed by atoms with Gasteiger partial charge in [-0.1, -0.05) is 30.3 Å². The number of hydrogen-bond acceptors (Lipinski definition) is 3. The molecule has 2 N–H and O–H groups in total. The van der Waals surface area contributed by atoms with Crippen LogP contribution in [0.5, 0.6) is 0 Å². The Bertz CT molecular complexity index is 494. The molecule has 0 spiro atoms. The largest absolute Gasteiger partial charge is 0.397 e. The standard InChI is InChI=1S/C13H12N2O/c14-11-7-4-8-15-12(11)9-13(16)10-5-2-1-3-6-10/h1-8H,9,14H2. The Kier molecular flexibility index (Phi) is 2.96. The van der Waals surface area contributed by atoms with E-state index in [1.54, 1.807) is 30.5 Å². The molecule has 0 saturated carbocycles. The summed E-state index contributed by atoms with van der Waals surface area (Å²) < 4.78 is 0. The SMILES string of the molecule is Nc1cccnc1CC(=O)c1ccccc1. The highest BCUT2D eigenvalue weighted by molar-refractivity contribution is 5.97. The van der Waals surface area contributed by atoms with Gasteiger partial charge in [-0.3, -0.25) is 9.78 Å². The number of Topliss-reactive ketones (excluding diaryl/α,β-unsaturated/α-hetero) is 1. The number of hydrogen-bond donors (Lipinski definition) is 1. The molecule has 0 amide bonds. The topological polar surface area (TPSA) is 56.0 Å². The van der Waals surface area contributed by atoms with E-state index in [4.69, 9.17) is 5.73 Å². The van der Waals surface area contributed by atoms with Crippen molar-refractivity contribution in [1.82, 2.24) is 4.98 Å². The monoisotopic (exact) mass is 212 g/mol. The highest BCUT2D eigenvalue weighted by atomic mass is 16.1. The summed E-state index contributed by atoms with van der Waals surface area (Å²) in [5.41, 5.74) is 7.62. The number of rotatable bonds is 3. The van der Waals surface area contributed by atoms with Crippen molar-refractivity contribution in [2.24, 2.45) is 0 Å². The maximum atomic E-state index is 11.9. The number of ketones is 1. The smallest absolute Gasteiger partial charge is 0.168 e. The lowest BCUT2D eigenvalue weighted by atomic mass is 10.1. The van der Waals surface area contributed by atoms with Crippen molar-refractivity contribution >= 4 is 11.5 Å². The van der Waals surface area contributed by atoms with E-state index < -0.39 is 0 Å². The minimum atomic E-state index is 0.0333. The molecule has 0 saturated heterocycles. The summed E-state index contributed by atoms with van der Waals surface area (Å²) in [6.45, 7) is 0. The van der Waals surface area contributed by atoms with Crippen LogP contribution in [0.4, 0.5) is 5.69 Å². The minimum absolute atomic E-state index is 0.0333. The second-order valence-corrected chi connectivity index (χ2v) is 3.51. The van der Waals surface area contributed by atoms with Crippen LogP contribution in [0.1, 0.15) is 16.1 Å². The molecule has 0 aliphatic carbocycles. The second-order valence-electron chi connectivity index (χ2n) is 3.51. The molecular weight excluding hydrogens is 200 g/mol. The first-order chi connectivity index (χ1) is 7.77. The zero-order chi connectivity index (χ0) is 11.4. The Morgan fingerprint density at radius 2 is 1.88 bits per heavy atom. The van der Waals surface area contributed by atoms with E-state index in [1.165, 1.54) is 0 Å². The first kappa shape index (κ1) is 10.4. The van der Waals surface area contributed by atoms with Crippen molar-refractivity contribution in [2.75, 3.05) is 5.73 Å². The Balaban J connectivity index is 2.18. The highest BCUT2D eigenvalue weighted by Gasteiger charge is 2.09. The first-order valence-electron chi connectivity index (χ1n) is 5.05. The van der Waals surface area contributed by atoms with Crippen LogP contribution in [0.25, 0.3) is 0 Å². The lowest BCUT2D eigenvalue weighted by Crippen LogP contribution is -2.07. The van der Waals surface area contributed by atoms with Crippen LogP contribution in [0.2, 0.25) is 0 Å². The van der Waals surface area contributed by atoms with Crippen molar-refractivity contribution in [3.8, 4) is 0 Å². The van der Waals surface area contributed by atoms with Crippen LogP contribution in [-0.2, 0) is 6.42 Å². The maximum Gasteiger partial charge on any atom is 0.168 e. The number of pyridine rings is 1. The summed E-state index contributed by atoms with van der Waals surface area (Å²) in [6.07, 6.45) is 1.89. The second kappa shape index (κ2) is 4.57. The average molecular weight is 212 g/mol. The lowest BCUT2D eigenvalue weighted by molar-refractivity contribution is 0.0992. The Morgan fingerprint density at radius 3 is 2.56 bits per heavy atom. The van der Waals surface area contributed by atoms with E-state index in [1.807, 2.05) is 18.2 Å². The molecule has 0 unspecified atom stereocenters. The third-order valence-corrected chi connectivity index (χ3v) is 2.35. The van der Waals surface area contributed by atoms with E-state index in [0.29, 0.717) is 16.9 Å². The van der Waals surface area contributed by atoms with Crippen LogP contribution >= 0.6 is 0 Å². The van der Waals surface area contributed by atoms with Gasteiger partial charge in [0.25, 0.3) is 0 Å². The molecule has 1 aromatic carbocycles. The van der Waals surface area contributed by atoms with Gasteiger partial charge in [-0.15, -0.1) is 0 Å². The minimum Gasteiger partial charge on any atom is -0.397 e. The van der Waals surface area contributed by atoms with Crippen molar-refractivity contribution in [1.29, 1.82) is 0 Å². The van der Waals surface area contributed by atoms with Gasteiger partial charge in [-0.25, -0.2) is 0 Å². The Hall–Kier alpha value is -2.16. The van der Waals surface area contributed by atoms with Gasteiger partial charge in [0, 0.05) is 11.8 Å². The van der Waals surface area contributed by atoms with E-state index >= 15 is 0 Å². The third kappa shape index (κ3) is 2.25. The number of anilines is 1. The van der Waals surface area contributed by atoms with Gasteiger partial charge in [0.05, 0.1) is 17.8 Å². The molecule has 2 rings (SSSR count). The number of benzene rings is 1. The molecule has 2 aromatic rings. The zero-order valence-electron chi connectivity index (χ0n) is 8.76. The number of nitrogens with two attached hydrogens (primary N) is 1. The van der Waals surface area contributed by atoms with Crippen LogP contribution < -0.4 is 5.73 Å². The quantitative estimate of drug-likeness (QED) is 0.792. The molecule has 0 aliphatic rings. The van der Waals surface area contributed by atoms with Crippen LogP contribution in [0.3, 0.4) is 0 Å². The molecule has 3 nitrogen and oxygen atoms in total. The summed E-state index contributed by atoms with van der Waals surface area (Å²) >= 11 is 0. The number of nitrogen functional groups attached to an aromatic ring is 1. The average Bonchev–Trinajstić information content (AvgIpc) is 2.33. The fourth-order valence-corrected chi connectivity index (χ4v) is 1.48. The fourth-order valence-electron chi connectivity index (χ4n) is 1.48. The van der Waals surface area contributed by atoms with Crippen LogP contribution in [0.15, 0.2) is 48.7 Å². The van der Waals surface area contributed by atoms with E-state index in [9.17, 15) is 4.79 Å². The number of nitrogens with zero attached hydrogens (tertiary/aromatic N) is 1. The van der Waals surface area contributed by atoms with Crippen molar-refractivity contribution < 1.29 is 4.79 Å². The summed E-state index contributed by atoms with van der Waals surface area (Å²) in [4.78, 5) is 16.0. The predicted molar refractivity (Wildman–Crippen MR) is 63.1 cm³/mol. The van der Waals surface area contributed by atoms with Gasteiger partial charge in [0.2, 0.25) is 0 Å². The highest BCUT2D eigenvalue weighted by Crippen LogP contribution is 2.11.